The summed E-state index contributed by atoms with van der Waals surface area (Å²) in [7, 11) is -3.55. The van der Waals surface area contributed by atoms with Gasteiger partial charge in [-0.05, 0) is 0 Å². The molecule has 0 saturated heterocycles. The lowest BCUT2D eigenvalue weighted by Crippen LogP contribution is -2.56. The van der Waals surface area contributed by atoms with Crippen LogP contribution >= 0.6 is 0 Å². The van der Waals surface area contributed by atoms with Crippen LogP contribution in [0.25, 0.3) is 0 Å². The molecule has 0 rings (SSSR count). The van der Waals surface area contributed by atoms with E-state index in [0.29, 0.717) is 0 Å². The molecule has 0 aromatic carbocycles. The lowest BCUT2D eigenvalue weighted by molar-refractivity contribution is 0.0583. The van der Waals surface area contributed by atoms with E-state index in [2.05, 4.69) is 0 Å². The molecule has 0 aromatic rings. The predicted octanol–water partition coefficient (Wildman–Crippen LogP) is -2.75. The van der Waals surface area contributed by atoms with E-state index in [1.807, 2.05) is 4.72 Å². The Hall–Kier alpha value is -0.210. The summed E-state index contributed by atoms with van der Waals surface area (Å²) in [5.41, 5.74) is -1.56. The Morgan fingerprint density at radius 1 is 1.17 bits per heavy atom. The van der Waals surface area contributed by atoms with Gasteiger partial charge in [0.15, 0.2) is 0 Å². The van der Waals surface area contributed by atoms with Crippen molar-refractivity contribution >= 4 is 10.0 Å². The number of rotatable bonds is 5. The van der Waals surface area contributed by atoms with Gasteiger partial charge in [-0.1, -0.05) is 0 Å². The van der Waals surface area contributed by atoms with Crippen LogP contribution in [0, 0.1) is 0 Å². The van der Waals surface area contributed by atoms with E-state index in [0.717, 1.165) is 6.26 Å². The van der Waals surface area contributed by atoms with Gasteiger partial charge >= 0.3 is 0 Å². The van der Waals surface area contributed by atoms with Crippen molar-refractivity contribution in [2.24, 2.45) is 0 Å². The number of hydrogen-bond donors (Lipinski definition) is 4. The van der Waals surface area contributed by atoms with Gasteiger partial charge in [0.25, 0.3) is 0 Å². The van der Waals surface area contributed by atoms with E-state index in [4.69, 9.17) is 15.3 Å². The zero-order valence-corrected chi connectivity index (χ0v) is 7.50. The molecule has 0 unspecified atom stereocenters. The zero-order chi connectivity index (χ0) is 9.83. The van der Waals surface area contributed by atoms with Gasteiger partial charge in [0, 0.05) is 0 Å². The summed E-state index contributed by atoms with van der Waals surface area (Å²) in [6, 6.07) is 0. The van der Waals surface area contributed by atoms with Crippen molar-refractivity contribution in [3.63, 3.8) is 0 Å². The SMILES string of the molecule is CS(=O)(=O)NC(CO)(CO)CO. The summed E-state index contributed by atoms with van der Waals surface area (Å²) >= 11 is 0. The van der Waals surface area contributed by atoms with E-state index >= 15 is 0 Å². The molecule has 0 aliphatic heterocycles. The predicted molar refractivity (Wildman–Crippen MR) is 42.0 cm³/mol. The first kappa shape index (κ1) is 11.8. The second kappa shape index (κ2) is 4.15. The third kappa shape index (κ3) is 3.46. The summed E-state index contributed by atoms with van der Waals surface area (Å²) in [4.78, 5) is 0. The van der Waals surface area contributed by atoms with Crippen molar-refractivity contribution < 1.29 is 23.7 Å². The fourth-order valence-electron chi connectivity index (χ4n) is 0.640. The summed E-state index contributed by atoms with van der Waals surface area (Å²) in [5.74, 6) is 0. The fourth-order valence-corrected chi connectivity index (χ4v) is 1.62. The van der Waals surface area contributed by atoms with Crippen LogP contribution in [-0.4, -0.2) is 55.4 Å². The first-order valence-electron chi connectivity index (χ1n) is 3.21. The first-order chi connectivity index (χ1) is 5.39. The minimum atomic E-state index is -3.55. The number of aliphatic hydroxyl groups excluding tert-OH is 3. The topological polar surface area (TPSA) is 107 Å². The average Bonchev–Trinajstić information content (AvgIpc) is 1.99. The van der Waals surface area contributed by atoms with Crippen LogP contribution in [0.1, 0.15) is 0 Å². The lowest BCUT2D eigenvalue weighted by atomic mass is 10.1. The molecule has 0 heterocycles. The van der Waals surface area contributed by atoms with Crippen LogP contribution < -0.4 is 4.72 Å². The Morgan fingerprint density at radius 2 is 1.50 bits per heavy atom. The van der Waals surface area contributed by atoms with Gasteiger partial charge in [-0.15, -0.1) is 0 Å². The molecule has 0 aliphatic rings. The quantitative estimate of drug-likeness (QED) is 0.384. The molecule has 0 atom stereocenters. The first-order valence-corrected chi connectivity index (χ1v) is 5.10. The molecule has 74 valence electrons. The van der Waals surface area contributed by atoms with Gasteiger partial charge in [-0.3, -0.25) is 0 Å². The maximum Gasteiger partial charge on any atom is 0.209 e. The van der Waals surface area contributed by atoms with Crippen molar-refractivity contribution in [2.45, 2.75) is 5.54 Å². The van der Waals surface area contributed by atoms with Gasteiger partial charge in [0.1, 0.15) is 5.54 Å². The summed E-state index contributed by atoms with van der Waals surface area (Å²) in [6.07, 6.45) is 0.878. The highest BCUT2D eigenvalue weighted by Gasteiger charge is 2.31. The summed E-state index contributed by atoms with van der Waals surface area (Å²) in [5, 5.41) is 26.1. The van der Waals surface area contributed by atoms with Crippen LogP contribution in [0.5, 0.6) is 0 Å². The Bertz CT molecular complexity index is 212. The second-order valence-corrected chi connectivity index (χ2v) is 4.38. The number of hydrogen-bond acceptors (Lipinski definition) is 5. The number of sulfonamides is 1. The van der Waals surface area contributed by atoms with E-state index < -0.39 is 35.4 Å². The fraction of sp³-hybridized carbons (Fsp3) is 1.00. The van der Waals surface area contributed by atoms with Crippen molar-refractivity contribution in [3.8, 4) is 0 Å². The van der Waals surface area contributed by atoms with Crippen molar-refractivity contribution in [1.82, 2.24) is 4.72 Å². The molecule has 4 N–H and O–H groups in total. The smallest absolute Gasteiger partial charge is 0.209 e. The molecular weight excluding hydrogens is 186 g/mol. The van der Waals surface area contributed by atoms with Gasteiger partial charge in [-0.2, -0.15) is 0 Å². The lowest BCUT2D eigenvalue weighted by Gasteiger charge is -2.27. The molecule has 0 saturated carbocycles. The summed E-state index contributed by atoms with van der Waals surface area (Å²) < 4.78 is 23.3. The number of nitrogens with one attached hydrogen (secondary N) is 1. The van der Waals surface area contributed by atoms with E-state index in [1.54, 1.807) is 0 Å². The van der Waals surface area contributed by atoms with Gasteiger partial charge in [0.05, 0.1) is 26.1 Å². The molecule has 0 aliphatic carbocycles. The van der Waals surface area contributed by atoms with Gasteiger partial charge in [-0.25, -0.2) is 13.1 Å². The highest BCUT2D eigenvalue weighted by Crippen LogP contribution is 2.02. The molecule has 12 heavy (non-hydrogen) atoms. The Balaban J connectivity index is 4.52. The molecule has 0 aromatic heterocycles. The molecule has 0 radical (unpaired) electrons. The van der Waals surface area contributed by atoms with Crippen LogP contribution in [0.15, 0.2) is 0 Å². The minimum Gasteiger partial charge on any atom is -0.394 e. The Labute approximate surface area is 70.9 Å². The van der Waals surface area contributed by atoms with Crippen LogP contribution in [0.3, 0.4) is 0 Å². The van der Waals surface area contributed by atoms with Crippen molar-refractivity contribution in [1.29, 1.82) is 0 Å². The number of aliphatic hydroxyl groups is 3. The summed E-state index contributed by atoms with van der Waals surface area (Å²) in [6.45, 7) is -1.98. The van der Waals surface area contributed by atoms with E-state index in [1.165, 1.54) is 0 Å². The molecule has 7 heteroatoms. The normalized spacial score (nSPS) is 13.3. The zero-order valence-electron chi connectivity index (χ0n) is 6.69. The molecule has 6 nitrogen and oxygen atoms in total. The second-order valence-electron chi connectivity index (χ2n) is 2.63. The van der Waals surface area contributed by atoms with E-state index in [9.17, 15) is 8.42 Å². The highest BCUT2D eigenvalue weighted by molar-refractivity contribution is 7.88. The molecule has 0 amide bonds. The van der Waals surface area contributed by atoms with Crippen LogP contribution in [-0.2, 0) is 10.0 Å². The van der Waals surface area contributed by atoms with Gasteiger partial charge < -0.3 is 15.3 Å². The Kier molecular flexibility index (Phi) is 4.08. The third-order valence-electron chi connectivity index (χ3n) is 1.31. The van der Waals surface area contributed by atoms with Gasteiger partial charge in [0.2, 0.25) is 10.0 Å². The Morgan fingerprint density at radius 3 is 1.58 bits per heavy atom. The van der Waals surface area contributed by atoms with Crippen LogP contribution in [0.4, 0.5) is 0 Å². The average molecular weight is 199 g/mol. The van der Waals surface area contributed by atoms with Crippen molar-refractivity contribution in [3.05, 3.63) is 0 Å². The minimum absolute atomic E-state index is 0.660. The largest absolute Gasteiger partial charge is 0.394 e. The third-order valence-corrected chi connectivity index (χ3v) is 2.11. The highest BCUT2D eigenvalue weighted by atomic mass is 32.2. The molecule has 0 spiro atoms. The maximum absolute atomic E-state index is 10.7. The molecular formula is C5H13NO5S. The monoisotopic (exact) mass is 199 g/mol. The standard InChI is InChI=1S/C5H13NO5S/c1-12(10,11)6-5(2-7,3-8)4-9/h6-9H,2-4H2,1H3. The van der Waals surface area contributed by atoms with E-state index in [-0.39, 0.29) is 0 Å². The molecule has 0 bridgehead atoms. The molecule has 0 fully saturated rings. The van der Waals surface area contributed by atoms with Crippen LogP contribution in [0.2, 0.25) is 0 Å². The maximum atomic E-state index is 10.7. The van der Waals surface area contributed by atoms with Crippen molar-refractivity contribution in [2.75, 3.05) is 26.1 Å².